The molecule has 2 aromatic rings. The smallest absolute Gasteiger partial charge is 0.258 e. The fourth-order valence-corrected chi connectivity index (χ4v) is 1.65. The van der Waals surface area contributed by atoms with Crippen molar-refractivity contribution >= 4 is 17.5 Å². The standard InChI is InChI=1S/C15H16F2N4O/c1-3-9(2)20-15-18-7-10(8-19-15)14(22)21-13-11(16)5-4-6-12(13)17/h4-9H,3H2,1-2H3,(H,21,22)(H,18,19,20). The normalized spacial score (nSPS) is 11.8. The van der Waals surface area contributed by atoms with Crippen LogP contribution < -0.4 is 10.6 Å². The number of nitrogens with one attached hydrogen (secondary N) is 2. The molecule has 7 heteroatoms. The van der Waals surface area contributed by atoms with Crippen LogP contribution in [0.2, 0.25) is 0 Å². The van der Waals surface area contributed by atoms with Gasteiger partial charge in [-0.2, -0.15) is 0 Å². The van der Waals surface area contributed by atoms with E-state index >= 15 is 0 Å². The molecule has 0 aliphatic heterocycles. The molecule has 116 valence electrons. The van der Waals surface area contributed by atoms with Crippen LogP contribution in [0.25, 0.3) is 0 Å². The number of carbonyl (C=O) groups is 1. The van der Waals surface area contributed by atoms with E-state index in [1.165, 1.54) is 18.5 Å². The van der Waals surface area contributed by atoms with Gasteiger partial charge in [0, 0.05) is 18.4 Å². The predicted octanol–water partition coefficient (Wildman–Crippen LogP) is 3.22. The summed E-state index contributed by atoms with van der Waals surface area (Å²) in [5, 5.41) is 5.23. The molecule has 0 fully saturated rings. The molecular weight excluding hydrogens is 290 g/mol. The molecule has 0 spiro atoms. The van der Waals surface area contributed by atoms with Gasteiger partial charge in [-0.15, -0.1) is 0 Å². The van der Waals surface area contributed by atoms with Crippen molar-refractivity contribution < 1.29 is 13.6 Å². The van der Waals surface area contributed by atoms with Crippen molar-refractivity contribution in [3.05, 3.63) is 47.8 Å². The fourth-order valence-electron chi connectivity index (χ4n) is 1.65. The Bertz CT molecular complexity index is 641. The maximum absolute atomic E-state index is 13.5. The Balaban J connectivity index is 2.10. The molecule has 0 aliphatic carbocycles. The van der Waals surface area contributed by atoms with Gasteiger partial charge in [0.15, 0.2) is 0 Å². The average Bonchev–Trinajstić information content (AvgIpc) is 2.51. The Morgan fingerprint density at radius 3 is 2.36 bits per heavy atom. The molecule has 1 unspecified atom stereocenters. The van der Waals surface area contributed by atoms with Gasteiger partial charge in [-0.25, -0.2) is 18.7 Å². The molecule has 0 saturated carbocycles. The minimum atomic E-state index is -0.843. The van der Waals surface area contributed by atoms with Gasteiger partial charge >= 0.3 is 0 Å². The van der Waals surface area contributed by atoms with Gasteiger partial charge in [-0.3, -0.25) is 4.79 Å². The van der Waals surface area contributed by atoms with E-state index in [4.69, 9.17) is 0 Å². The highest BCUT2D eigenvalue weighted by Crippen LogP contribution is 2.18. The molecule has 2 rings (SSSR count). The summed E-state index contributed by atoms with van der Waals surface area (Å²) >= 11 is 0. The Morgan fingerprint density at radius 1 is 1.23 bits per heavy atom. The van der Waals surface area contributed by atoms with E-state index in [0.29, 0.717) is 5.95 Å². The lowest BCUT2D eigenvalue weighted by molar-refractivity contribution is 0.102. The van der Waals surface area contributed by atoms with Crippen molar-refractivity contribution in [2.45, 2.75) is 26.3 Å². The zero-order valence-corrected chi connectivity index (χ0v) is 12.2. The summed E-state index contributed by atoms with van der Waals surface area (Å²) in [7, 11) is 0. The summed E-state index contributed by atoms with van der Waals surface area (Å²) in [4.78, 5) is 20.0. The average molecular weight is 306 g/mol. The van der Waals surface area contributed by atoms with E-state index in [1.807, 2.05) is 13.8 Å². The molecule has 0 bridgehead atoms. The minimum Gasteiger partial charge on any atom is -0.352 e. The number of hydrogen-bond acceptors (Lipinski definition) is 4. The Labute approximate surface area is 126 Å². The van der Waals surface area contributed by atoms with Crippen molar-refractivity contribution in [1.82, 2.24) is 9.97 Å². The summed E-state index contributed by atoms with van der Waals surface area (Å²) in [6, 6.07) is 3.55. The third-order valence-electron chi connectivity index (χ3n) is 3.10. The number of carbonyl (C=O) groups excluding carboxylic acids is 1. The van der Waals surface area contributed by atoms with Crippen LogP contribution in [0.15, 0.2) is 30.6 Å². The Hall–Kier alpha value is -2.57. The number of hydrogen-bond donors (Lipinski definition) is 2. The van der Waals surface area contributed by atoms with Crippen LogP contribution >= 0.6 is 0 Å². The Kier molecular flexibility index (Phi) is 4.98. The third kappa shape index (κ3) is 3.75. The zero-order valence-electron chi connectivity index (χ0n) is 12.2. The second kappa shape index (κ2) is 6.93. The van der Waals surface area contributed by atoms with Crippen LogP contribution in [0.5, 0.6) is 0 Å². The van der Waals surface area contributed by atoms with Crippen LogP contribution in [-0.4, -0.2) is 21.9 Å². The first kappa shape index (κ1) is 15.8. The maximum Gasteiger partial charge on any atom is 0.258 e. The molecule has 1 atom stereocenters. The van der Waals surface area contributed by atoms with Crippen molar-refractivity contribution in [2.24, 2.45) is 0 Å². The van der Waals surface area contributed by atoms with Gasteiger partial charge in [0.2, 0.25) is 5.95 Å². The summed E-state index contributed by atoms with van der Waals surface area (Å²) in [5.41, 5.74) is -0.383. The van der Waals surface area contributed by atoms with Crippen molar-refractivity contribution in [2.75, 3.05) is 10.6 Å². The highest BCUT2D eigenvalue weighted by molar-refractivity contribution is 6.04. The monoisotopic (exact) mass is 306 g/mol. The number of aromatic nitrogens is 2. The SMILES string of the molecule is CCC(C)Nc1ncc(C(=O)Nc2c(F)cccc2F)cn1. The third-order valence-corrected chi connectivity index (χ3v) is 3.10. The molecule has 1 heterocycles. The predicted molar refractivity (Wildman–Crippen MR) is 79.7 cm³/mol. The Morgan fingerprint density at radius 2 is 1.82 bits per heavy atom. The number of para-hydroxylation sites is 1. The minimum absolute atomic E-state index is 0.109. The van der Waals surface area contributed by atoms with Gasteiger partial charge in [0.05, 0.1) is 5.56 Å². The van der Waals surface area contributed by atoms with E-state index in [-0.39, 0.29) is 11.6 Å². The number of rotatable bonds is 5. The first-order chi connectivity index (χ1) is 10.5. The first-order valence-electron chi connectivity index (χ1n) is 6.85. The molecule has 0 saturated heterocycles. The lowest BCUT2D eigenvalue weighted by atomic mass is 10.2. The largest absolute Gasteiger partial charge is 0.352 e. The van der Waals surface area contributed by atoms with Gasteiger partial charge in [-0.05, 0) is 25.5 Å². The molecule has 22 heavy (non-hydrogen) atoms. The van der Waals surface area contributed by atoms with E-state index in [9.17, 15) is 13.6 Å². The first-order valence-corrected chi connectivity index (χ1v) is 6.85. The number of amides is 1. The summed E-state index contributed by atoms with van der Waals surface area (Å²) in [6.07, 6.45) is 3.50. The summed E-state index contributed by atoms with van der Waals surface area (Å²) in [6.45, 7) is 3.99. The van der Waals surface area contributed by atoms with Gasteiger partial charge in [0.1, 0.15) is 17.3 Å². The van der Waals surface area contributed by atoms with Crippen LogP contribution in [0.4, 0.5) is 20.4 Å². The molecule has 0 radical (unpaired) electrons. The second-order valence-corrected chi connectivity index (χ2v) is 4.80. The van der Waals surface area contributed by atoms with E-state index in [2.05, 4.69) is 20.6 Å². The van der Waals surface area contributed by atoms with E-state index in [0.717, 1.165) is 18.6 Å². The zero-order chi connectivity index (χ0) is 16.1. The van der Waals surface area contributed by atoms with E-state index < -0.39 is 23.2 Å². The number of halogens is 2. The lowest BCUT2D eigenvalue weighted by Gasteiger charge is -2.11. The number of nitrogens with zero attached hydrogens (tertiary/aromatic N) is 2. The molecule has 0 aliphatic rings. The molecule has 5 nitrogen and oxygen atoms in total. The molecular formula is C15H16F2N4O. The second-order valence-electron chi connectivity index (χ2n) is 4.80. The molecule has 2 N–H and O–H groups in total. The lowest BCUT2D eigenvalue weighted by Crippen LogP contribution is -2.18. The highest BCUT2D eigenvalue weighted by Gasteiger charge is 2.14. The quantitative estimate of drug-likeness (QED) is 0.890. The van der Waals surface area contributed by atoms with Crippen LogP contribution in [0.1, 0.15) is 30.6 Å². The highest BCUT2D eigenvalue weighted by atomic mass is 19.1. The van der Waals surface area contributed by atoms with Crippen molar-refractivity contribution in [1.29, 1.82) is 0 Å². The van der Waals surface area contributed by atoms with Crippen molar-refractivity contribution in [3.63, 3.8) is 0 Å². The summed E-state index contributed by atoms with van der Waals surface area (Å²) in [5.74, 6) is -1.98. The topological polar surface area (TPSA) is 66.9 Å². The number of anilines is 2. The number of benzene rings is 1. The molecule has 1 aromatic carbocycles. The maximum atomic E-state index is 13.5. The molecule has 1 amide bonds. The van der Waals surface area contributed by atoms with E-state index in [1.54, 1.807) is 0 Å². The van der Waals surface area contributed by atoms with Gasteiger partial charge in [-0.1, -0.05) is 13.0 Å². The van der Waals surface area contributed by atoms with Gasteiger partial charge < -0.3 is 10.6 Å². The van der Waals surface area contributed by atoms with Gasteiger partial charge in [0.25, 0.3) is 5.91 Å². The van der Waals surface area contributed by atoms with Crippen LogP contribution in [0.3, 0.4) is 0 Å². The van der Waals surface area contributed by atoms with Crippen LogP contribution in [-0.2, 0) is 0 Å². The van der Waals surface area contributed by atoms with Crippen LogP contribution in [0, 0.1) is 11.6 Å². The fraction of sp³-hybridized carbons (Fsp3) is 0.267. The van der Waals surface area contributed by atoms with Crippen molar-refractivity contribution in [3.8, 4) is 0 Å². The molecule has 1 aromatic heterocycles. The summed E-state index contributed by atoms with van der Waals surface area (Å²) < 4.78 is 27.0.